The van der Waals surface area contributed by atoms with E-state index in [9.17, 15) is 0 Å². The summed E-state index contributed by atoms with van der Waals surface area (Å²) in [6.45, 7) is 2.32. The van der Waals surface area contributed by atoms with E-state index < -0.39 is 0 Å². The molecule has 1 heterocycles. The Morgan fingerprint density at radius 1 is 1.36 bits per heavy atom. The van der Waals surface area contributed by atoms with E-state index in [0.717, 1.165) is 6.54 Å². The molecule has 0 aromatic carbocycles. The van der Waals surface area contributed by atoms with Crippen LogP contribution in [0.3, 0.4) is 0 Å². The molecule has 0 N–H and O–H groups in total. The third-order valence-electron chi connectivity index (χ3n) is 2.31. The molecule has 0 bridgehead atoms. The van der Waals surface area contributed by atoms with Gasteiger partial charge in [0.1, 0.15) is 0 Å². The van der Waals surface area contributed by atoms with Gasteiger partial charge in [-0.15, -0.1) is 0 Å². The van der Waals surface area contributed by atoms with Gasteiger partial charge in [-0.2, -0.15) is 0 Å². The van der Waals surface area contributed by atoms with E-state index >= 15 is 0 Å². The fourth-order valence-corrected chi connectivity index (χ4v) is 1.75. The number of likely N-dealkylation sites (N-methyl/N-ethyl adjacent to an activating group) is 1. The Hall–Kier alpha value is -0.820. The van der Waals surface area contributed by atoms with Gasteiger partial charge >= 0.3 is 0 Å². The molecule has 0 aromatic heterocycles. The molecule has 0 aromatic rings. The maximum atomic E-state index is 2.36. The summed E-state index contributed by atoms with van der Waals surface area (Å²) in [4.78, 5) is 2.36. The molecule has 1 atom stereocenters. The van der Waals surface area contributed by atoms with Crippen molar-refractivity contribution < 1.29 is 0 Å². The summed E-state index contributed by atoms with van der Waals surface area (Å²) in [6, 6.07) is 0. The van der Waals surface area contributed by atoms with Crippen LogP contribution < -0.4 is 0 Å². The lowest BCUT2D eigenvalue weighted by atomic mass is 10.0. The average molecular weight is 147 g/mol. The van der Waals surface area contributed by atoms with Gasteiger partial charge in [0.25, 0.3) is 0 Å². The lowest BCUT2D eigenvalue weighted by Crippen LogP contribution is -2.13. The van der Waals surface area contributed by atoms with Gasteiger partial charge in [0.15, 0.2) is 0 Å². The van der Waals surface area contributed by atoms with Gasteiger partial charge in [-0.3, -0.25) is 0 Å². The van der Waals surface area contributed by atoms with E-state index in [-0.39, 0.29) is 0 Å². The Kier molecular flexibility index (Phi) is 1.66. The van der Waals surface area contributed by atoms with Crippen LogP contribution in [0.1, 0.15) is 0 Å². The predicted octanol–water partition coefficient (Wildman–Crippen LogP) is 1.60. The molecule has 1 aliphatic carbocycles. The first kappa shape index (κ1) is 6.86. The zero-order chi connectivity index (χ0) is 7.68. The Balaban J connectivity index is 2.25. The molecule has 1 heteroatoms. The largest absolute Gasteiger partial charge is 0.302 e. The van der Waals surface area contributed by atoms with Gasteiger partial charge in [0.05, 0.1) is 0 Å². The molecule has 1 unspecified atom stereocenters. The number of hydrogen-bond acceptors (Lipinski definition) is 1. The normalized spacial score (nSPS) is 29.9. The highest BCUT2D eigenvalue weighted by Gasteiger charge is 2.21. The van der Waals surface area contributed by atoms with Crippen LogP contribution in [0.2, 0.25) is 0 Å². The SMILES string of the molecule is CN1CC2=CC=CC=CC2C1. The van der Waals surface area contributed by atoms with Crippen molar-refractivity contribution in [3.8, 4) is 0 Å². The van der Waals surface area contributed by atoms with Crippen LogP contribution >= 0.6 is 0 Å². The molecule has 0 spiro atoms. The van der Waals surface area contributed by atoms with Crippen molar-refractivity contribution in [1.82, 2.24) is 4.90 Å². The summed E-state index contributed by atoms with van der Waals surface area (Å²) in [6.07, 6.45) is 10.9. The first-order chi connectivity index (χ1) is 5.36. The summed E-state index contributed by atoms with van der Waals surface area (Å²) >= 11 is 0. The number of allylic oxidation sites excluding steroid dienone is 4. The molecular formula is C10H13N. The van der Waals surface area contributed by atoms with Crippen molar-refractivity contribution in [2.45, 2.75) is 0 Å². The Morgan fingerprint density at radius 3 is 3.18 bits per heavy atom. The minimum Gasteiger partial charge on any atom is -0.302 e. The third kappa shape index (κ3) is 1.29. The molecule has 1 aliphatic heterocycles. The second-order valence-corrected chi connectivity index (χ2v) is 3.31. The van der Waals surface area contributed by atoms with E-state index in [2.05, 4.69) is 42.3 Å². The molecule has 0 amide bonds. The third-order valence-corrected chi connectivity index (χ3v) is 2.31. The summed E-state index contributed by atoms with van der Waals surface area (Å²) in [5, 5.41) is 0. The zero-order valence-electron chi connectivity index (χ0n) is 6.83. The van der Waals surface area contributed by atoms with Crippen LogP contribution in [0.4, 0.5) is 0 Å². The first-order valence-corrected chi connectivity index (χ1v) is 4.09. The van der Waals surface area contributed by atoms with Gasteiger partial charge in [0.2, 0.25) is 0 Å². The Morgan fingerprint density at radius 2 is 2.27 bits per heavy atom. The van der Waals surface area contributed by atoms with E-state index in [0.29, 0.717) is 5.92 Å². The molecule has 11 heavy (non-hydrogen) atoms. The van der Waals surface area contributed by atoms with Crippen LogP contribution in [0, 0.1) is 5.92 Å². The summed E-state index contributed by atoms with van der Waals surface area (Å²) in [7, 11) is 2.17. The fourth-order valence-electron chi connectivity index (χ4n) is 1.75. The second kappa shape index (κ2) is 2.67. The van der Waals surface area contributed by atoms with Crippen LogP contribution in [0.25, 0.3) is 0 Å². The predicted molar refractivity (Wildman–Crippen MR) is 47.4 cm³/mol. The molecular weight excluding hydrogens is 134 g/mol. The van der Waals surface area contributed by atoms with E-state index in [1.165, 1.54) is 6.54 Å². The van der Waals surface area contributed by atoms with E-state index in [4.69, 9.17) is 0 Å². The van der Waals surface area contributed by atoms with Gasteiger partial charge in [0, 0.05) is 19.0 Å². The van der Waals surface area contributed by atoms with Crippen LogP contribution in [0.5, 0.6) is 0 Å². The van der Waals surface area contributed by atoms with Crippen molar-refractivity contribution in [2.75, 3.05) is 20.1 Å². The van der Waals surface area contributed by atoms with Crippen LogP contribution in [0.15, 0.2) is 36.0 Å². The highest BCUT2D eigenvalue weighted by atomic mass is 15.1. The van der Waals surface area contributed by atoms with Gasteiger partial charge in [-0.05, 0) is 12.6 Å². The van der Waals surface area contributed by atoms with Crippen LogP contribution in [-0.2, 0) is 0 Å². The molecule has 0 saturated carbocycles. The monoisotopic (exact) mass is 147 g/mol. The fraction of sp³-hybridized carbons (Fsp3) is 0.400. The van der Waals surface area contributed by atoms with E-state index in [1.54, 1.807) is 5.57 Å². The molecule has 1 nitrogen and oxygen atoms in total. The zero-order valence-corrected chi connectivity index (χ0v) is 6.83. The molecule has 2 aliphatic rings. The lowest BCUT2D eigenvalue weighted by Gasteiger charge is -2.03. The first-order valence-electron chi connectivity index (χ1n) is 4.09. The number of likely N-dealkylation sites (tertiary alicyclic amines) is 1. The van der Waals surface area contributed by atoms with Gasteiger partial charge in [-0.25, -0.2) is 0 Å². The molecule has 2 rings (SSSR count). The van der Waals surface area contributed by atoms with Crippen molar-refractivity contribution in [2.24, 2.45) is 5.92 Å². The van der Waals surface area contributed by atoms with Gasteiger partial charge < -0.3 is 4.90 Å². The summed E-state index contributed by atoms with van der Waals surface area (Å²) in [5.41, 5.74) is 1.55. The molecule has 58 valence electrons. The minimum atomic E-state index is 0.676. The van der Waals surface area contributed by atoms with Gasteiger partial charge in [-0.1, -0.05) is 30.4 Å². The summed E-state index contributed by atoms with van der Waals surface area (Å²) < 4.78 is 0. The quantitative estimate of drug-likeness (QED) is 0.503. The van der Waals surface area contributed by atoms with Crippen LogP contribution in [-0.4, -0.2) is 25.0 Å². The summed E-state index contributed by atoms with van der Waals surface area (Å²) in [5.74, 6) is 0.676. The van der Waals surface area contributed by atoms with Crippen molar-refractivity contribution >= 4 is 0 Å². The highest BCUT2D eigenvalue weighted by molar-refractivity contribution is 5.30. The maximum absolute atomic E-state index is 2.36. The number of fused-ring (bicyclic) bond motifs is 1. The number of hydrogen-bond donors (Lipinski definition) is 0. The lowest BCUT2D eigenvalue weighted by molar-refractivity contribution is 0.410. The number of nitrogens with zero attached hydrogens (tertiary/aromatic N) is 1. The Bertz CT molecular complexity index is 235. The minimum absolute atomic E-state index is 0.676. The highest BCUT2D eigenvalue weighted by Crippen LogP contribution is 2.23. The molecule has 0 radical (unpaired) electrons. The smallest absolute Gasteiger partial charge is 0.0199 e. The average Bonchev–Trinajstić information content (AvgIpc) is 2.17. The number of rotatable bonds is 0. The molecule has 1 fully saturated rings. The molecule has 1 saturated heterocycles. The van der Waals surface area contributed by atoms with Crippen molar-refractivity contribution in [3.63, 3.8) is 0 Å². The van der Waals surface area contributed by atoms with Crippen molar-refractivity contribution in [1.29, 1.82) is 0 Å². The standard InChI is InChI=1S/C10H13N/c1-11-7-9-5-3-2-4-6-10(9)8-11/h2-6,9H,7-8H2,1H3. The van der Waals surface area contributed by atoms with E-state index in [1.807, 2.05) is 0 Å². The topological polar surface area (TPSA) is 3.24 Å². The van der Waals surface area contributed by atoms with Crippen molar-refractivity contribution in [3.05, 3.63) is 36.0 Å². The Labute approximate surface area is 67.7 Å². The maximum Gasteiger partial charge on any atom is 0.0199 e. The second-order valence-electron chi connectivity index (χ2n) is 3.31.